The lowest BCUT2D eigenvalue weighted by Crippen LogP contribution is -2.42. The van der Waals surface area contributed by atoms with Crippen molar-refractivity contribution in [1.82, 2.24) is 9.97 Å². The summed E-state index contributed by atoms with van der Waals surface area (Å²) in [5, 5.41) is 9.27. The van der Waals surface area contributed by atoms with Gasteiger partial charge < -0.3 is 5.32 Å². The van der Waals surface area contributed by atoms with Crippen molar-refractivity contribution in [3.05, 3.63) is 39.8 Å². The molecule has 0 saturated heterocycles. The molecule has 0 atom stereocenters. The van der Waals surface area contributed by atoms with E-state index in [1.165, 1.54) is 6.42 Å². The maximum Gasteiger partial charge on any atom is 0.236 e. The molecule has 1 aliphatic carbocycles. The van der Waals surface area contributed by atoms with Gasteiger partial charge in [-0.25, -0.2) is 9.97 Å². The molecule has 24 heavy (non-hydrogen) atoms. The molecule has 0 radical (unpaired) electrons. The Bertz CT molecular complexity index is 877. The van der Waals surface area contributed by atoms with E-state index in [-0.39, 0.29) is 5.91 Å². The molecule has 4 rings (SSSR count). The number of anilines is 1. The zero-order valence-electron chi connectivity index (χ0n) is 13.5. The van der Waals surface area contributed by atoms with Gasteiger partial charge in [-0.05, 0) is 37.3 Å². The van der Waals surface area contributed by atoms with E-state index in [9.17, 15) is 4.79 Å². The molecule has 1 N–H and O–H groups in total. The molecule has 1 aliphatic rings. The second kappa shape index (κ2) is 6.26. The molecule has 1 amide bonds. The molecule has 0 spiro atoms. The van der Waals surface area contributed by atoms with Crippen LogP contribution in [0.5, 0.6) is 0 Å². The first kappa shape index (κ1) is 15.7. The number of carbonyl (C=O) groups excluding carboxylic acids is 1. The summed E-state index contributed by atoms with van der Waals surface area (Å²) in [6, 6.07) is 4.03. The number of thiazole rings is 1. The number of amides is 1. The largest absolute Gasteiger partial charge is 0.324 e. The van der Waals surface area contributed by atoms with Gasteiger partial charge in [-0.2, -0.15) is 0 Å². The minimum atomic E-state index is -0.493. The standard InChI is InChI=1S/C18H19N3OS2/c1-12-20-15(11-24-12)18(6-3-2-4-7-18)17(22)21-14-9-13-5-8-23-16(13)19-10-14/h5,8-11H,2-4,6-7H2,1H3,(H,21,22). The Morgan fingerprint density at radius 3 is 2.83 bits per heavy atom. The maximum absolute atomic E-state index is 13.2. The van der Waals surface area contributed by atoms with Crippen LogP contribution in [-0.4, -0.2) is 15.9 Å². The normalized spacial score (nSPS) is 17.0. The molecule has 1 fully saturated rings. The summed E-state index contributed by atoms with van der Waals surface area (Å²) < 4.78 is 0. The fraction of sp³-hybridized carbons (Fsp3) is 0.389. The molecule has 1 saturated carbocycles. The van der Waals surface area contributed by atoms with Crippen LogP contribution in [0.2, 0.25) is 0 Å². The SMILES string of the molecule is Cc1nc(C2(C(=O)Nc3cnc4sccc4c3)CCCCC2)cs1. The van der Waals surface area contributed by atoms with Gasteiger partial charge in [0.1, 0.15) is 4.83 Å². The molecule has 3 aromatic rings. The Kier molecular flexibility index (Phi) is 4.10. The minimum Gasteiger partial charge on any atom is -0.324 e. The number of fused-ring (bicyclic) bond motifs is 1. The maximum atomic E-state index is 13.2. The Hall–Kier alpha value is -1.79. The highest BCUT2D eigenvalue weighted by molar-refractivity contribution is 7.16. The number of aryl methyl sites for hydroxylation is 1. The summed E-state index contributed by atoms with van der Waals surface area (Å²) in [5.41, 5.74) is 1.21. The predicted octanol–water partition coefficient (Wildman–Crippen LogP) is 4.90. The van der Waals surface area contributed by atoms with Crippen LogP contribution < -0.4 is 5.32 Å². The van der Waals surface area contributed by atoms with Gasteiger partial charge in [-0.3, -0.25) is 4.79 Å². The minimum absolute atomic E-state index is 0.0591. The number of carbonyl (C=O) groups is 1. The van der Waals surface area contributed by atoms with E-state index in [1.54, 1.807) is 28.9 Å². The lowest BCUT2D eigenvalue weighted by Gasteiger charge is -2.34. The van der Waals surface area contributed by atoms with E-state index in [1.807, 2.05) is 24.4 Å². The molecule has 124 valence electrons. The zero-order valence-corrected chi connectivity index (χ0v) is 15.2. The number of thiophene rings is 1. The van der Waals surface area contributed by atoms with E-state index < -0.39 is 5.41 Å². The summed E-state index contributed by atoms with van der Waals surface area (Å²) >= 11 is 3.23. The average Bonchev–Trinajstić information content (AvgIpc) is 3.24. The number of aromatic nitrogens is 2. The van der Waals surface area contributed by atoms with Crippen LogP contribution in [0.1, 0.15) is 42.8 Å². The zero-order chi connectivity index (χ0) is 16.6. The van der Waals surface area contributed by atoms with Gasteiger partial charge in [0, 0.05) is 10.8 Å². The lowest BCUT2D eigenvalue weighted by atomic mass is 9.71. The van der Waals surface area contributed by atoms with Crippen LogP contribution >= 0.6 is 22.7 Å². The third-order valence-corrected chi connectivity index (χ3v) is 6.43. The molecule has 6 heteroatoms. The van der Waals surface area contributed by atoms with Crippen LogP contribution in [0.4, 0.5) is 5.69 Å². The van der Waals surface area contributed by atoms with Gasteiger partial charge in [-0.1, -0.05) is 19.3 Å². The van der Waals surface area contributed by atoms with Crippen LogP contribution in [0.15, 0.2) is 29.1 Å². The van der Waals surface area contributed by atoms with Gasteiger partial charge in [-0.15, -0.1) is 22.7 Å². The van der Waals surface area contributed by atoms with E-state index in [0.29, 0.717) is 0 Å². The van der Waals surface area contributed by atoms with Gasteiger partial charge >= 0.3 is 0 Å². The second-order valence-electron chi connectivity index (χ2n) is 6.39. The van der Waals surface area contributed by atoms with E-state index in [0.717, 1.165) is 52.3 Å². The lowest BCUT2D eigenvalue weighted by molar-refractivity contribution is -0.122. The number of nitrogens with zero attached hydrogens (tertiary/aromatic N) is 2. The molecule has 0 aliphatic heterocycles. The van der Waals surface area contributed by atoms with Crippen molar-refractivity contribution >= 4 is 44.5 Å². The molecular weight excluding hydrogens is 338 g/mol. The smallest absolute Gasteiger partial charge is 0.236 e. The first-order chi connectivity index (χ1) is 11.7. The first-order valence-corrected chi connectivity index (χ1v) is 10.0. The number of pyridine rings is 1. The van der Waals surface area contributed by atoms with E-state index in [2.05, 4.69) is 20.7 Å². The highest BCUT2D eigenvalue weighted by atomic mass is 32.1. The second-order valence-corrected chi connectivity index (χ2v) is 8.34. The average molecular weight is 358 g/mol. The number of hydrogen-bond donors (Lipinski definition) is 1. The Morgan fingerprint density at radius 1 is 1.25 bits per heavy atom. The van der Waals surface area contributed by atoms with Crippen molar-refractivity contribution in [3.8, 4) is 0 Å². The van der Waals surface area contributed by atoms with Crippen LogP contribution in [-0.2, 0) is 10.2 Å². The Labute approximate surface area is 149 Å². The van der Waals surface area contributed by atoms with Gasteiger partial charge in [0.25, 0.3) is 0 Å². The quantitative estimate of drug-likeness (QED) is 0.725. The Morgan fingerprint density at radius 2 is 2.08 bits per heavy atom. The monoisotopic (exact) mass is 357 g/mol. The van der Waals surface area contributed by atoms with Crippen molar-refractivity contribution in [2.45, 2.75) is 44.4 Å². The van der Waals surface area contributed by atoms with Crippen molar-refractivity contribution in [1.29, 1.82) is 0 Å². The van der Waals surface area contributed by atoms with Crippen molar-refractivity contribution < 1.29 is 4.79 Å². The fourth-order valence-corrected chi connectivity index (χ4v) is 4.95. The van der Waals surface area contributed by atoms with E-state index >= 15 is 0 Å². The third-order valence-electron chi connectivity index (χ3n) is 4.82. The molecule has 4 nitrogen and oxygen atoms in total. The van der Waals surface area contributed by atoms with Crippen molar-refractivity contribution in [3.63, 3.8) is 0 Å². The number of rotatable bonds is 3. The van der Waals surface area contributed by atoms with Crippen LogP contribution in [0.3, 0.4) is 0 Å². The molecule has 0 aromatic carbocycles. The highest BCUT2D eigenvalue weighted by Gasteiger charge is 2.43. The van der Waals surface area contributed by atoms with Gasteiger partial charge in [0.05, 0.1) is 28.0 Å². The molecule has 0 unspecified atom stereocenters. The van der Waals surface area contributed by atoms with Gasteiger partial charge in [0.2, 0.25) is 5.91 Å². The van der Waals surface area contributed by atoms with Crippen LogP contribution in [0, 0.1) is 6.92 Å². The summed E-state index contributed by atoms with van der Waals surface area (Å²) in [5.74, 6) is 0.0591. The van der Waals surface area contributed by atoms with Crippen molar-refractivity contribution in [2.75, 3.05) is 5.32 Å². The Balaban J connectivity index is 1.65. The molecule has 3 aromatic heterocycles. The molecule has 0 bridgehead atoms. The predicted molar refractivity (Wildman–Crippen MR) is 99.9 cm³/mol. The highest BCUT2D eigenvalue weighted by Crippen LogP contribution is 2.40. The fourth-order valence-electron chi connectivity index (χ4n) is 3.52. The van der Waals surface area contributed by atoms with Crippen LogP contribution in [0.25, 0.3) is 10.2 Å². The summed E-state index contributed by atoms with van der Waals surface area (Å²) in [6.07, 6.45) is 6.84. The first-order valence-electron chi connectivity index (χ1n) is 8.25. The molecular formula is C18H19N3OS2. The van der Waals surface area contributed by atoms with E-state index in [4.69, 9.17) is 0 Å². The summed E-state index contributed by atoms with van der Waals surface area (Å²) in [4.78, 5) is 23.3. The van der Waals surface area contributed by atoms with Gasteiger partial charge in [0.15, 0.2) is 0 Å². The topological polar surface area (TPSA) is 54.9 Å². The summed E-state index contributed by atoms with van der Waals surface area (Å²) in [7, 11) is 0. The molecule has 3 heterocycles. The number of nitrogens with one attached hydrogen (secondary N) is 1. The summed E-state index contributed by atoms with van der Waals surface area (Å²) in [6.45, 7) is 2.00. The number of hydrogen-bond acceptors (Lipinski definition) is 5. The van der Waals surface area contributed by atoms with Crippen molar-refractivity contribution in [2.24, 2.45) is 0 Å². The third kappa shape index (κ3) is 2.74.